The van der Waals surface area contributed by atoms with E-state index in [-0.39, 0.29) is 18.6 Å². The fourth-order valence-electron chi connectivity index (χ4n) is 2.57. The second-order valence-electron chi connectivity index (χ2n) is 5.20. The summed E-state index contributed by atoms with van der Waals surface area (Å²) in [5, 5.41) is 8.89. The van der Waals surface area contributed by atoms with Crippen molar-refractivity contribution in [2.45, 2.75) is 50.9 Å². The van der Waals surface area contributed by atoms with Gasteiger partial charge in [-0.2, -0.15) is 0 Å². The molecule has 2 unspecified atom stereocenters. The number of benzene rings is 1. The van der Waals surface area contributed by atoms with Crippen LogP contribution in [0.4, 0.5) is 0 Å². The van der Waals surface area contributed by atoms with Gasteiger partial charge in [0.05, 0.1) is 19.1 Å². The van der Waals surface area contributed by atoms with Crippen molar-refractivity contribution >= 4 is 5.97 Å². The zero-order valence-electron chi connectivity index (χ0n) is 11.0. The Labute approximate surface area is 113 Å². The molecule has 2 atom stereocenters. The average Bonchev–Trinajstić information content (AvgIpc) is 2.37. The summed E-state index contributed by atoms with van der Waals surface area (Å²) in [4.78, 5) is 10.8. The van der Waals surface area contributed by atoms with Gasteiger partial charge in [0.2, 0.25) is 0 Å². The summed E-state index contributed by atoms with van der Waals surface area (Å²) < 4.78 is 5.89. The lowest BCUT2D eigenvalue weighted by atomic mass is 9.93. The number of aliphatic carboxylic acids is 1. The van der Waals surface area contributed by atoms with Crippen molar-refractivity contribution < 1.29 is 14.6 Å². The molecule has 104 valence electrons. The Morgan fingerprint density at radius 3 is 2.74 bits per heavy atom. The lowest BCUT2D eigenvalue weighted by Crippen LogP contribution is -2.32. The fourth-order valence-corrected chi connectivity index (χ4v) is 2.57. The first-order valence-electron chi connectivity index (χ1n) is 6.81. The van der Waals surface area contributed by atoms with E-state index in [0.717, 1.165) is 36.8 Å². The van der Waals surface area contributed by atoms with Gasteiger partial charge in [-0.3, -0.25) is 4.79 Å². The van der Waals surface area contributed by atoms with Gasteiger partial charge >= 0.3 is 5.97 Å². The molecular weight excluding hydrogens is 242 g/mol. The van der Waals surface area contributed by atoms with Gasteiger partial charge in [0.25, 0.3) is 0 Å². The van der Waals surface area contributed by atoms with Crippen LogP contribution in [0.1, 0.15) is 36.8 Å². The number of hydrogen-bond donors (Lipinski definition) is 2. The second kappa shape index (κ2) is 6.68. The minimum absolute atomic E-state index is 0.0454. The van der Waals surface area contributed by atoms with Crippen molar-refractivity contribution in [3.8, 4) is 0 Å². The third-order valence-corrected chi connectivity index (χ3v) is 3.60. The van der Waals surface area contributed by atoms with Crippen LogP contribution in [0.5, 0.6) is 0 Å². The lowest BCUT2D eigenvalue weighted by molar-refractivity contribution is -0.136. The van der Waals surface area contributed by atoms with Crippen molar-refractivity contribution in [3.05, 3.63) is 35.4 Å². The molecule has 1 aliphatic rings. The maximum absolute atomic E-state index is 10.8. The highest BCUT2D eigenvalue weighted by atomic mass is 16.5. The Morgan fingerprint density at radius 1 is 1.32 bits per heavy atom. The number of hydrogen-bond acceptors (Lipinski definition) is 3. The molecule has 0 aliphatic heterocycles. The first-order valence-corrected chi connectivity index (χ1v) is 6.81. The van der Waals surface area contributed by atoms with Gasteiger partial charge in [-0.05, 0) is 36.8 Å². The van der Waals surface area contributed by atoms with Crippen LogP contribution >= 0.6 is 0 Å². The highest BCUT2D eigenvalue weighted by Crippen LogP contribution is 2.21. The van der Waals surface area contributed by atoms with Crippen LogP contribution in [-0.2, 0) is 22.6 Å². The van der Waals surface area contributed by atoms with Gasteiger partial charge in [0.15, 0.2) is 0 Å². The van der Waals surface area contributed by atoms with Crippen LogP contribution in [0.3, 0.4) is 0 Å². The molecule has 0 amide bonds. The first-order chi connectivity index (χ1) is 9.15. The van der Waals surface area contributed by atoms with E-state index in [1.165, 1.54) is 0 Å². The van der Waals surface area contributed by atoms with Crippen LogP contribution < -0.4 is 5.73 Å². The molecule has 1 saturated carbocycles. The van der Waals surface area contributed by atoms with E-state index in [1.54, 1.807) is 0 Å². The monoisotopic (exact) mass is 263 g/mol. The average molecular weight is 263 g/mol. The Hall–Kier alpha value is -1.39. The topological polar surface area (TPSA) is 72.5 Å². The van der Waals surface area contributed by atoms with E-state index >= 15 is 0 Å². The summed E-state index contributed by atoms with van der Waals surface area (Å²) in [5.74, 6) is -0.813. The number of carboxylic acids is 1. The Balaban J connectivity index is 1.93. The Bertz CT molecular complexity index is 433. The number of rotatable bonds is 5. The van der Waals surface area contributed by atoms with E-state index < -0.39 is 5.97 Å². The summed E-state index contributed by atoms with van der Waals surface area (Å²) in [5.41, 5.74) is 7.72. The van der Waals surface area contributed by atoms with Crippen molar-refractivity contribution in [1.29, 1.82) is 0 Å². The van der Waals surface area contributed by atoms with Crippen molar-refractivity contribution in [3.63, 3.8) is 0 Å². The Kier molecular flexibility index (Phi) is 4.93. The van der Waals surface area contributed by atoms with Gasteiger partial charge < -0.3 is 15.6 Å². The van der Waals surface area contributed by atoms with Gasteiger partial charge in [-0.25, -0.2) is 0 Å². The second-order valence-corrected chi connectivity index (χ2v) is 5.20. The molecule has 2 rings (SSSR count). The fraction of sp³-hybridized carbons (Fsp3) is 0.533. The molecular formula is C15H21NO3. The summed E-state index contributed by atoms with van der Waals surface area (Å²) >= 11 is 0. The predicted molar refractivity (Wildman–Crippen MR) is 72.8 cm³/mol. The molecule has 0 heterocycles. The SMILES string of the molecule is NC1CCCC(OCc2ccccc2CC(=O)O)C1. The number of carboxylic acid groups (broad SMARTS) is 1. The summed E-state index contributed by atoms with van der Waals surface area (Å²) in [6.45, 7) is 0.473. The quantitative estimate of drug-likeness (QED) is 0.853. The van der Waals surface area contributed by atoms with E-state index in [2.05, 4.69) is 0 Å². The van der Waals surface area contributed by atoms with E-state index in [4.69, 9.17) is 15.6 Å². The molecule has 19 heavy (non-hydrogen) atoms. The molecule has 0 bridgehead atoms. The Morgan fingerprint density at radius 2 is 2.05 bits per heavy atom. The minimum atomic E-state index is -0.813. The number of carbonyl (C=O) groups is 1. The molecule has 1 aromatic rings. The molecule has 4 nitrogen and oxygen atoms in total. The number of ether oxygens (including phenoxy) is 1. The van der Waals surface area contributed by atoms with Gasteiger partial charge in [-0.15, -0.1) is 0 Å². The predicted octanol–water partition coefficient (Wildman–Crippen LogP) is 2.10. The van der Waals surface area contributed by atoms with E-state index in [1.807, 2.05) is 24.3 Å². The summed E-state index contributed by atoms with van der Waals surface area (Å²) in [6, 6.07) is 7.79. The van der Waals surface area contributed by atoms with Crippen LogP contribution in [0, 0.1) is 0 Å². The van der Waals surface area contributed by atoms with Crippen molar-refractivity contribution in [2.75, 3.05) is 0 Å². The maximum atomic E-state index is 10.8. The molecule has 0 spiro atoms. The third-order valence-electron chi connectivity index (χ3n) is 3.60. The molecule has 4 heteroatoms. The van der Waals surface area contributed by atoms with E-state index in [9.17, 15) is 4.79 Å². The standard InChI is InChI=1S/C15H21NO3/c16-13-6-3-7-14(9-13)19-10-12-5-2-1-4-11(12)8-15(17)18/h1-2,4-5,13-14H,3,6-10,16H2,(H,17,18). The third kappa shape index (κ3) is 4.33. The zero-order chi connectivity index (χ0) is 13.7. The van der Waals surface area contributed by atoms with E-state index in [0.29, 0.717) is 6.61 Å². The van der Waals surface area contributed by atoms with Crippen LogP contribution in [-0.4, -0.2) is 23.2 Å². The van der Waals surface area contributed by atoms with Crippen LogP contribution in [0.25, 0.3) is 0 Å². The molecule has 1 fully saturated rings. The molecule has 0 radical (unpaired) electrons. The largest absolute Gasteiger partial charge is 0.481 e. The molecule has 1 aromatic carbocycles. The smallest absolute Gasteiger partial charge is 0.307 e. The molecule has 3 N–H and O–H groups in total. The van der Waals surface area contributed by atoms with Crippen molar-refractivity contribution in [2.24, 2.45) is 5.73 Å². The maximum Gasteiger partial charge on any atom is 0.307 e. The molecule has 0 saturated heterocycles. The normalized spacial score (nSPS) is 23.2. The van der Waals surface area contributed by atoms with Crippen LogP contribution in [0.15, 0.2) is 24.3 Å². The highest BCUT2D eigenvalue weighted by Gasteiger charge is 2.20. The molecule has 0 aromatic heterocycles. The van der Waals surface area contributed by atoms with Gasteiger partial charge in [0, 0.05) is 6.04 Å². The molecule has 1 aliphatic carbocycles. The lowest BCUT2D eigenvalue weighted by Gasteiger charge is -2.27. The summed E-state index contributed by atoms with van der Waals surface area (Å²) in [6.07, 6.45) is 4.40. The van der Waals surface area contributed by atoms with Gasteiger partial charge in [-0.1, -0.05) is 24.3 Å². The zero-order valence-corrected chi connectivity index (χ0v) is 11.0. The first kappa shape index (κ1) is 14.0. The van der Waals surface area contributed by atoms with Crippen molar-refractivity contribution in [1.82, 2.24) is 0 Å². The van der Waals surface area contributed by atoms with Gasteiger partial charge in [0.1, 0.15) is 0 Å². The minimum Gasteiger partial charge on any atom is -0.481 e. The highest BCUT2D eigenvalue weighted by molar-refractivity contribution is 5.70. The number of nitrogens with two attached hydrogens (primary N) is 1. The van der Waals surface area contributed by atoms with Crippen LogP contribution in [0.2, 0.25) is 0 Å². The summed E-state index contributed by atoms with van der Waals surface area (Å²) in [7, 11) is 0.